The molecule has 1 aliphatic heterocycles. The summed E-state index contributed by atoms with van der Waals surface area (Å²) in [4.78, 5) is 13.9. The highest BCUT2D eigenvalue weighted by Gasteiger charge is 2.20. The zero-order valence-corrected chi connectivity index (χ0v) is 11.5. The van der Waals surface area contributed by atoms with E-state index in [1.54, 1.807) is 36.9 Å². The van der Waals surface area contributed by atoms with Crippen LogP contribution in [0.25, 0.3) is 0 Å². The first-order chi connectivity index (χ1) is 8.85. The number of aliphatic hydroxyl groups is 1. The Balaban J connectivity index is 2.00. The van der Waals surface area contributed by atoms with E-state index in [9.17, 15) is 9.90 Å². The van der Waals surface area contributed by atoms with Crippen molar-refractivity contribution < 1.29 is 19.4 Å². The van der Waals surface area contributed by atoms with Gasteiger partial charge in [0.1, 0.15) is 0 Å². The number of nitrogens with zero attached hydrogens (tertiary/aromatic N) is 1. The first-order valence-electron chi connectivity index (χ1n) is 6.19. The highest BCUT2D eigenvalue weighted by Crippen LogP contribution is 2.32. The van der Waals surface area contributed by atoms with E-state index in [0.717, 1.165) is 0 Å². The molecule has 0 saturated carbocycles. The minimum Gasteiger partial charge on any atom is -0.454 e. The van der Waals surface area contributed by atoms with Crippen LogP contribution in [0.2, 0.25) is 0 Å². The number of ether oxygens (including phenoxy) is 2. The van der Waals surface area contributed by atoms with E-state index in [4.69, 9.17) is 9.47 Å². The molecule has 19 heavy (non-hydrogen) atoms. The maximum Gasteiger partial charge on any atom is 0.231 e. The van der Waals surface area contributed by atoms with Gasteiger partial charge in [-0.1, -0.05) is 0 Å². The lowest BCUT2D eigenvalue weighted by Gasteiger charge is -2.24. The Morgan fingerprint density at radius 3 is 2.74 bits per heavy atom. The molecule has 1 aliphatic rings. The van der Waals surface area contributed by atoms with Gasteiger partial charge in [0.2, 0.25) is 6.79 Å². The second-order valence-electron chi connectivity index (χ2n) is 5.48. The van der Waals surface area contributed by atoms with Gasteiger partial charge in [0.05, 0.1) is 12.1 Å². The fourth-order valence-corrected chi connectivity index (χ4v) is 2.12. The van der Waals surface area contributed by atoms with Gasteiger partial charge in [-0.2, -0.15) is 0 Å². The monoisotopic (exact) mass is 265 g/mol. The van der Waals surface area contributed by atoms with Crippen LogP contribution in [-0.4, -0.2) is 48.3 Å². The molecule has 0 bridgehead atoms. The topological polar surface area (TPSA) is 59.0 Å². The van der Waals surface area contributed by atoms with Gasteiger partial charge >= 0.3 is 0 Å². The molecule has 0 spiro atoms. The summed E-state index contributed by atoms with van der Waals surface area (Å²) < 4.78 is 10.4. The summed E-state index contributed by atoms with van der Waals surface area (Å²) >= 11 is 0. The van der Waals surface area contributed by atoms with Gasteiger partial charge in [0.15, 0.2) is 17.3 Å². The normalized spacial score (nSPS) is 13.9. The molecule has 0 atom stereocenters. The van der Waals surface area contributed by atoms with Gasteiger partial charge in [-0.15, -0.1) is 0 Å². The minimum absolute atomic E-state index is 0.00921. The summed E-state index contributed by atoms with van der Waals surface area (Å²) in [6, 6.07) is 5.17. The summed E-state index contributed by atoms with van der Waals surface area (Å²) in [7, 11) is 1.81. The fraction of sp³-hybridized carbons (Fsp3) is 0.500. The zero-order chi connectivity index (χ0) is 14.0. The van der Waals surface area contributed by atoms with Crippen LogP contribution in [0, 0.1) is 0 Å². The molecule has 0 amide bonds. The number of carbonyl (C=O) groups excluding carboxylic acids is 1. The van der Waals surface area contributed by atoms with Crippen molar-refractivity contribution in [2.45, 2.75) is 19.4 Å². The molecule has 0 radical (unpaired) electrons. The SMILES string of the molecule is CN(CC(=O)c1ccc2c(c1)OCO2)CC(C)(C)O. The van der Waals surface area contributed by atoms with Gasteiger partial charge in [-0.05, 0) is 39.1 Å². The molecule has 1 aromatic rings. The van der Waals surface area contributed by atoms with Gasteiger partial charge < -0.3 is 14.6 Å². The molecule has 0 aliphatic carbocycles. The van der Waals surface area contributed by atoms with E-state index < -0.39 is 5.60 Å². The third-order valence-electron chi connectivity index (χ3n) is 2.76. The molecular weight excluding hydrogens is 246 g/mol. The number of rotatable bonds is 5. The largest absolute Gasteiger partial charge is 0.454 e. The maximum absolute atomic E-state index is 12.1. The van der Waals surface area contributed by atoms with Crippen LogP contribution in [0.3, 0.4) is 0 Å². The molecule has 5 heteroatoms. The molecule has 2 rings (SSSR count). The van der Waals surface area contributed by atoms with Crippen molar-refractivity contribution in [3.8, 4) is 11.5 Å². The summed E-state index contributed by atoms with van der Waals surface area (Å²) in [5, 5.41) is 9.71. The highest BCUT2D eigenvalue weighted by molar-refractivity contribution is 5.98. The fourth-order valence-electron chi connectivity index (χ4n) is 2.12. The predicted molar refractivity (Wildman–Crippen MR) is 70.7 cm³/mol. The van der Waals surface area contributed by atoms with Crippen molar-refractivity contribution in [2.24, 2.45) is 0 Å². The van der Waals surface area contributed by atoms with Crippen LogP contribution >= 0.6 is 0 Å². The number of carbonyl (C=O) groups is 1. The molecule has 104 valence electrons. The van der Waals surface area contributed by atoms with Gasteiger partial charge in [-0.3, -0.25) is 9.69 Å². The van der Waals surface area contributed by atoms with E-state index in [2.05, 4.69) is 0 Å². The van der Waals surface area contributed by atoms with Gasteiger partial charge in [0, 0.05) is 12.1 Å². The van der Waals surface area contributed by atoms with Crippen molar-refractivity contribution in [3.05, 3.63) is 23.8 Å². The summed E-state index contributed by atoms with van der Waals surface area (Å²) in [6.07, 6.45) is 0. The Bertz CT molecular complexity index is 479. The quantitative estimate of drug-likeness (QED) is 0.813. The van der Waals surface area contributed by atoms with Crippen molar-refractivity contribution in [2.75, 3.05) is 26.9 Å². The van der Waals surface area contributed by atoms with E-state index in [-0.39, 0.29) is 19.1 Å². The average molecular weight is 265 g/mol. The van der Waals surface area contributed by atoms with Gasteiger partial charge in [0.25, 0.3) is 0 Å². The molecule has 1 heterocycles. The second-order valence-corrected chi connectivity index (χ2v) is 5.48. The van der Waals surface area contributed by atoms with E-state index >= 15 is 0 Å². The minimum atomic E-state index is -0.816. The number of fused-ring (bicyclic) bond motifs is 1. The number of Topliss-reactive ketones (excluding diaryl/α,β-unsaturated/α-hetero) is 1. The molecule has 0 unspecified atom stereocenters. The smallest absolute Gasteiger partial charge is 0.231 e. The van der Waals surface area contributed by atoms with Crippen LogP contribution < -0.4 is 9.47 Å². The number of hydrogen-bond acceptors (Lipinski definition) is 5. The Hall–Kier alpha value is -1.59. The predicted octanol–water partition coefficient (Wildman–Crippen LogP) is 1.30. The zero-order valence-electron chi connectivity index (χ0n) is 11.5. The molecule has 0 aromatic heterocycles. The first kappa shape index (κ1) is 13.8. The maximum atomic E-state index is 12.1. The number of likely N-dealkylation sites (N-methyl/N-ethyl adjacent to an activating group) is 1. The standard InChI is InChI=1S/C14H19NO4/c1-14(2,17)8-15(3)7-11(16)10-4-5-12-13(6-10)19-9-18-12/h4-6,17H,7-9H2,1-3H3. The average Bonchev–Trinajstić information content (AvgIpc) is 2.72. The van der Waals surface area contributed by atoms with E-state index in [1.807, 2.05) is 7.05 Å². The lowest BCUT2D eigenvalue weighted by Crippen LogP contribution is -2.38. The number of ketones is 1. The number of hydrogen-bond donors (Lipinski definition) is 1. The summed E-state index contributed by atoms with van der Waals surface area (Å²) in [6.45, 7) is 4.32. The third-order valence-corrected chi connectivity index (χ3v) is 2.76. The third kappa shape index (κ3) is 3.68. The van der Waals surface area contributed by atoms with E-state index in [1.165, 1.54) is 0 Å². The summed E-state index contributed by atoms with van der Waals surface area (Å²) in [5.41, 5.74) is -0.226. The van der Waals surface area contributed by atoms with Crippen LogP contribution in [0.5, 0.6) is 11.5 Å². The van der Waals surface area contributed by atoms with Crippen molar-refractivity contribution >= 4 is 5.78 Å². The Morgan fingerprint density at radius 2 is 2.05 bits per heavy atom. The molecular formula is C14H19NO4. The molecule has 1 aromatic carbocycles. The Kier molecular flexibility index (Phi) is 3.78. The first-order valence-corrected chi connectivity index (χ1v) is 6.19. The van der Waals surface area contributed by atoms with Crippen LogP contribution in [0.15, 0.2) is 18.2 Å². The van der Waals surface area contributed by atoms with Crippen molar-refractivity contribution in [1.29, 1.82) is 0 Å². The Morgan fingerprint density at radius 1 is 1.37 bits per heavy atom. The highest BCUT2D eigenvalue weighted by atomic mass is 16.7. The molecule has 1 N–H and O–H groups in total. The van der Waals surface area contributed by atoms with Crippen molar-refractivity contribution in [3.63, 3.8) is 0 Å². The van der Waals surface area contributed by atoms with Crippen LogP contribution in [0.1, 0.15) is 24.2 Å². The van der Waals surface area contributed by atoms with Crippen molar-refractivity contribution in [1.82, 2.24) is 4.90 Å². The number of benzene rings is 1. The lowest BCUT2D eigenvalue weighted by molar-refractivity contribution is 0.0439. The lowest BCUT2D eigenvalue weighted by atomic mass is 10.1. The van der Waals surface area contributed by atoms with E-state index in [0.29, 0.717) is 23.6 Å². The molecule has 0 saturated heterocycles. The van der Waals surface area contributed by atoms with Gasteiger partial charge in [-0.25, -0.2) is 0 Å². The summed E-state index contributed by atoms with van der Waals surface area (Å²) in [5.74, 6) is 1.27. The molecule has 0 fully saturated rings. The molecule has 5 nitrogen and oxygen atoms in total. The second kappa shape index (κ2) is 5.19. The Labute approximate surface area is 112 Å². The van der Waals surface area contributed by atoms with Crippen LogP contribution in [-0.2, 0) is 0 Å². The van der Waals surface area contributed by atoms with Crippen LogP contribution in [0.4, 0.5) is 0 Å².